The second kappa shape index (κ2) is 6.35. The van der Waals surface area contributed by atoms with Gasteiger partial charge in [-0.3, -0.25) is 0 Å². The minimum atomic E-state index is 0.889. The van der Waals surface area contributed by atoms with Gasteiger partial charge in [0.05, 0.1) is 0 Å². The summed E-state index contributed by atoms with van der Waals surface area (Å²) >= 11 is 0. The van der Waals surface area contributed by atoms with Crippen molar-refractivity contribution in [3.63, 3.8) is 0 Å². The number of fused-ring (bicyclic) bond motifs is 2. The molecular formula is C23H43B. The van der Waals surface area contributed by atoms with Gasteiger partial charge in [-0.15, -0.1) is 0 Å². The Balaban J connectivity index is 2.03. The van der Waals surface area contributed by atoms with Crippen LogP contribution in [0.5, 0.6) is 0 Å². The van der Waals surface area contributed by atoms with E-state index >= 15 is 0 Å². The van der Waals surface area contributed by atoms with Crippen LogP contribution >= 0.6 is 0 Å². The molecule has 0 bridgehead atoms. The van der Waals surface area contributed by atoms with Gasteiger partial charge in [-0.2, -0.15) is 0 Å². The zero-order valence-corrected chi connectivity index (χ0v) is 18.1. The van der Waals surface area contributed by atoms with E-state index in [0.29, 0.717) is 0 Å². The largest absolute Gasteiger partial charge is 0.144 e. The molecule has 3 fully saturated rings. The Morgan fingerprint density at radius 2 is 0.667 bits per heavy atom. The summed E-state index contributed by atoms with van der Waals surface area (Å²) in [6, 6.07) is 0. The Morgan fingerprint density at radius 3 is 1.00 bits per heavy atom. The van der Waals surface area contributed by atoms with Crippen LogP contribution < -0.4 is 0 Å². The maximum Gasteiger partial charge on any atom is 0.144 e. The first-order valence-corrected chi connectivity index (χ1v) is 11.1. The molecule has 0 aromatic carbocycles. The summed E-state index contributed by atoms with van der Waals surface area (Å²) < 4.78 is 0. The van der Waals surface area contributed by atoms with Crippen LogP contribution in [-0.2, 0) is 0 Å². The molecule has 0 nitrogen and oxygen atoms in total. The van der Waals surface area contributed by atoms with Gasteiger partial charge in [-0.05, 0) is 65.1 Å². The van der Waals surface area contributed by atoms with Crippen molar-refractivity contribution in [3.8, 4) is 0 Å². The molecule has 1 heterocycles. The molecule has 24 heavy (non-hydrogen) atoms. The topological polar surface area (TPSA) is 0 Å². The van der Waals surface area contributed by atoms with E-state index in [9.17, 15) is 0 Å². The Bertz CT molecular complexity index is 377. The SMILES string of the molecule is CB1C2C(C)C(C)C(C)C(C)C2C(C)C2C(C)C(C)C(C)C(C)C12. The zero-order chi connectivity index (χ0) is 18.1. The third-order valence-electron chi connectivity index (χ3n) is 10.7. The van der Waals surface area contributed by atoms with Gasteiger partial charge in [-0.1, -0.05) is 80.8 Å². The van der Waals surface area contributed by atoms with Gasteiger partial charge in [0.15, 0.2) is 0 Å². The first-order valence-electron chi connectivity index (χ1n) is 11.1. The summed E-state index contributed by atoms with van der Waals surface area (Å²) in [5.74, 6) is 11.9. The van der Waals surface area contributed by atoms with E-state index < -0.39 is 0 Å². The number of rotatable bonds is 0. The molecule has 0 N–H and O–H groups in total. The lowest BCUT2D eigenvalue weighted by molar-refractivity contribution is -0.0403. The van der Waals surface area contributed by atoms with Gasteiger partial charge < -0.3 is 0 Å². The molecule has 3 rings (SSSR count). The van der Waals surface area contributed by atoms with Gasteiger partial charge in [0.2, 0.25) is 0 Å². The second-order valence-corrected chi connectivity index (χ2v) is 10.9. The summed E-state index contributed by atoms with van der Waals surface area (Å²) in [6.45, 7) is 26.8. The highest BCUT2D eigenvalue weighted by atomic mass is 14.6. The first-order chi connectivity index (χ1) is 11.1. The van der Waals surface area contributed by atoms with E-state index in [2.05, 4.69) is 69.1 Å². The van der Waals surface area contributed by atoms with Gasteiger partial charge in [0, 0.05) is 0 Å². The van der Waals surface area contributed by atoms with Gasteiger partial charge in [0.1, 0.15) is 6.71 Å². The average molecular weight is 330 g/mol. The fraction of sp³-hybridized carbons (Fsp3) is 1.00. The van der Waals surface area contributed by atoms with Crippen molar-refractivity contribution >= 4 is 6.71 Å². The Labute approximate surface area is 153 Å². The second-order valence-electron chi connectivity index (χ2n) is 10.9. The van der Waals surface area contributed by atoms with Crippen LogP contribution in [0.25, 0.3) is 0 Å². The number of hydrogen-bond acceptors (Lipinski definition) is 0. The molecule has 1 heteroatoms. The summed E-state index contributed by atoms with van der Waals surface area (Å²) in [6.07, 6.45) is 0. The highest BCUT2D eigenvalue weighted by molar-refractivity contribution is 6.61. The average Bonchev–Trinajstić information content (AvgIpc) is 2.55. The molecule has 2 saturated carbocycles. The Kier molecular flexibility index (Phi) is 4.98. The summed E-state index contributed by atoms with van der Waals surface area (Å²) in [5.41, 5.74) is 0. The smallest absolute Gasteiger partial charge is 0.0856 e. The van der Waals surface area contributed by atoms with Crippen molar-refractivity contribution in [2.45, 2.75) is 80.8 Å². The highest BCUT2D eigenvalue weighted by Gasteiger charge is 2.60. The Hall–Kier alpha value is 0.0649. The fourth-order valence-corrected chi connectivity index (χ4v) is 8.55. The molecule has 2 aliphatic carbocycles. The van der Waals surface area contributed by atoms with Gasteiger partial charge in [-0.25, -0.2) is 0 Å². The van der Waals surface area contributed by atoms with Crippen LogP contribution in [0.3, 0.4) is 0 Å². The van der Waals surface area contributed by atoms with Gasteiger partial charge >= 0.3 is 0 Å². The predicted molar refractivity (Wildman–Crippen MR) is 109 cm³/mol. The van der Waals surface area contributed by atoms with E-state index in [4.69, 9.17) is 0 Å². The third-order valence-corrected chi connectivity index (χ3v) is 10.7. The molecule has 0 amide bonds. The van der Waals surface area contributed by atoms with Crippen LogP contribution in [0.4, 0.5) is 0 Å². The summed E-state index contributed by atoms with van der Waals surface area (Å²) in [5, 5.41) is 0. The van der Waals surface area contributed by atoms with Crippen LogP contribution in [0.2, 0.25) is 18.5 Å². The summed E-state index contributed by atoms with van der Waals surface area (Å²) in [7, 11) is 0. The molecule has 138 valence electrons. The van der Waals surface area contributed by atoms with Crippen LogP contribution in [-0.4, -0.2) is 6.71 Å². The van der Waals surface area contributed by atoms with Crippen molar-refractivity contribution in [2.75, 3.05) is 0 Å². The molecule has 1 aliphatic heterocycles. The normalized spacial score (nSPS) is 61.2. The van der Waals surface area contributed by atoms with Crippen molar-refractivity contribution in [2.24, 2.45) is 65.1 Å². The lowest BCUT2D eigenvalue weighted by atomic mass is 9.19. The van der Waals surface area contributed by atoms with Crippen LogP contribution in [0.1, 0.15) is 62.3 Å². The van der Waals surface area contributed by atoms with E-state index in [1.807, 2.05) is 0 Å². The fourth-order valence-electron chi connectivity index (χ4n) is 8.55. The van der Waals surface area contributed by atoms with E-state index in [-0.39, 0.29) is 0 Å². The lowest BCUT2D eigenvalue weighted by Crippen LogP contribution is -2.59. The lowest BCUT2D eigenvalue weighted by Gasteiger charge is -2.64. The molecule has 12 unspecified atom stereocenters. The molecule has 0 radical (unpaired) electrons. The minimum Gasteiger partial charge on any atom is -0.0856 e. The molecule has 0 spiro atoms. The molecule has 0 aromatic rings. The van der Waals surface area contributed by atoms with E-state index in [1.165, 1.54) is 0 Å². The number of hydrogen-bond donors (Lipinski definition) is 0. The monoisotopic (exact) mass is 330 g/mol. The maximum absolute atomic E-state index is 2.65. The molecule has 3 aliphatic rings. The first kappa shape index (κ1) is 18.8. The molecule has 12 atom stereocenters. The maximum atomic E-state index is 2.65. The third kappa shape index (κ3) is 2.39. The van der Waals surface area contributed by atoms with Crippen LogP contribution in [0, 0.1) is 65.1 Å². The molecular weight excluding hydrogens is 287 g/mol. The molecule has 0 aromatic heterocycles. The molecule has 1 saturated heterocycles. The zero-order valence-electron chi connectivity index (χ0n) is 18.1. The van der Waals surface area contributed by atoms with Crippen molar-refractivity contribution in [1.29, 1.82) is 0 Å². The van der Waals surface area contributed by atoms with Crippen molar-refractivity contribution in [1.82, 2.24) is 0 Å². The minimum absolute atomic E-state index is 0.889. The van der Waals surface area contributed by atoms with E-state index in [1.54, 1.807) is 0 Å². The quantitative estimate of drug-likeness (QED) is 0.426. The highest BCUT2D eigenvalue weighted by Crippen LogP contribution is 2.65. The van der Waals surface area contributed by atoms with Crippen molar-refractivity contribution < 1.29 is 0 Å². The Morgan fingerprint density at radius 1 is 0.375 bits per heavy atom. The van der Waals surface area contributed by atoms with Crippen LogP contribution in [0.15, 0.2) is 0 Å². The standard InChI is InChI=1S/C23H43B/c1-11-13(3)17(7)22-20(15(11)5)19(9)21-16(6)12(2)14(4)18(8)23(21)24(22)10/h11-23H,1-10H3. The van der Waals surface area contributed by atoms with E-state index in [0.717, 1.165) is 83.4 Å². The van der Waals surface area contributed by atoms with Crippen molar-refractivity contribution in [3.05, 3.63) is 0 Å². The summed E-state index contributed by atoms with van der Waals surface area (Å²) in [4.78, 5) is 0. The predicted octanol–water partition coefficient (Wildman–Crippen LogP) is 6.85. The van der Waals surface area contributed by atoms with Gasteiger partial charge in [0.25, 0.3) is 0 Å².